The predicted molar refractivity (Wildman–Crippen MR) is 47.0 cm³/mol. The van der Waals surface area contributed by atoms with Crippen LogP contribution < -0.4 is 0 Å². The lowest BCUT2D eigenvalue weighted by Crippen LogP contribution is -1.81. The van der Waals surface area contributed by atoms with Crippen LogP contribution in [0.5, 0.6) is 0 Å². The lowest BCUT2D eigenvalue weighted by Gasteiger charge is -1.86. The van der Waals surface area contributed by atoms with Gasteiger partial charge in [-0.1, -0.05) is 13.3 Å². The second kappa shape index (κ2) is 2.93. The first-order valence-corrected chi connectivity index (χ1v) is 4.17. The molecule has 0 fully saturated rings. The molecule has 2 aromatic rings. The molecular formula is C9H11N3. The number of rotatable bonds is 2. The topological polar surface area (TPSA) is 30.2 Å². The van der Waals surface area contributed by atoms with Crippen molar-refractivity contribution in [3.05, 3.63) is 30.5 Å². The standard InChI is InChI=1S/C9H11N3/c1-2-3-8-7-12-5-4-10-6-9(12)11-8/h4-7H,2-3H2,1H3. The SMILES string of the molecule is CCCc1cn2ccncc2n1. The molecule has 3 nitrogen and oxygen atoms in total. The molecule has 3 heteroatoms. The van der Waals surface area contributed by atoms with Crippen molar-refractivity contribution < 1.29 is 0 Å². The summed E-state index contributed by atoms with van der Waals surface area (Å²) in [4.78, 5) is 8.41. The highest BCUT2D eigenvalue weighted by Gasteiger charge is 1.98. The minimum Gasteiger partial charge on any atom is -0.304 e. The summed E-state index contributed by atoms with van der Waals surface area (Å²) >= 11 is 0. The molecule has 0 N–H and O–H groups in total. The second-order valence-corrected chi connectivity index (χ2v) is 2.82. The first-order chi connectivity index (χ1) is 5.90. The van der Waals surface area contributed by atoms with Crippen LogP contribution in [0.1, 0.15) is 19.0 Å². The first-order valence-electron chi connectivity index (χ1n) is 4.17. The second-order valence-electron chi connectivity index (χ2n) is 2.82. The Morgan fingerprint density at radius 1 is 1.50 bits per heavy atom. The van der Waals surface area contributed by atoms with Crippen LogP contribution in [0, 0.1) is 0 Å². The summed E-state index contributed by atoms with van der Waals surface area (Å²) in [6.07, 6.45) is 9.70. The Hall–Kier alpha value is -1.38. The third-order valence-corrected chi connectivity index (χ3v) is 1.82. The molecule has 0 unspecified atom stereocenters. The molecule has 0 atom stereocenters. The number of aryl methyl sites for hydroxylation is 1. The highest BCUT2D eigenvalue weighted by atomic mass is 15.0. The van der Waals surface area contributed by atoms with Crippen molar-refractivity contribution in [2.45, 2.75) is 19.8 Å². The van der Waals surface area contributed by atoms with Crippen LogP contribution in [0.25, 0.3) is 5.65 Å². The Balaban J connectivity index is 2.47. The smallest absolute Gasteiger partial charge is 0.155 e. The van der Waals surface area contributed by atoms with Gasteiger partial charge < -0.3 is 4.40 Å². The zero-order valence-corrected chi connectivity index (χ0v) is 7.07. The number of imidazole rings is 1. The van der Waals surface area contributed by atoms with Gasteiger partial charge in [0.25, 0.3) is 0 Å². The van der Waals surface area contributed by atoms with E-state index in [4.69, 9.17) is 0 Å². The summed E-state index contributed by atoms with van der Waals surface area (Å²) in [5.41, 5.74) is 2.08. The summed E-state index contributed by atoms with van der Waals surface area (Å²) in [6, 6.07) is 0. The fourth-order valence-corrected chi connectivity index (χ4v) is 1.27. The van der Waals surface area contributed by atoms with Crippen molar-refractivity contribution in [1.82, 2.24) is 14.4 Å². The lowest BCUT2D eigenvalue weighted by molar-refractivity contribution is 0.894. The minimum atomic E-state index is 0.931. The van der Waals surface area contributed by atoms with Gasteiger partial charge in [-0.25, -0.2) is 4.98 Å². The van der Waals surface area contributed by atoms with Gasteiger partial charge in [0.2, 0.25) is 0 Å². The van der Waals surface area contributed by atoms with Gasteiger partial charge in [0.05, 0.1) is 11.9 Å². The molecular weight excluding hydrogens is 150 g/mol. The van der Waals surface area contributed by atoms with Gasteiger partial charge in [-0.05, 0) is 6.42 Å². The molecule has 2 rings (SSSR count). The third-order valence-electron chi connectivity index (χ3n) is 1.82. The number of nitrogens with zero attached hydrogens (tertiary/aromatic N) is 3. The van der Waals surface area contributed by atoms with E-state index in [1.165, 1.54) is 0 Å². The first kappa shape index (κ1) is 7.28. The van der Waals surface area contributed by atoms with Crippen LogP contribution in [-0.2, 0) is 6.42 Å². The van der Waals surface area contributed by atoms with Crippen LogP contribution in [0.15, 0.2) is 24.8 Å². The van der Waals surface area contributed by atoms with Gasteiger partial charge >= 0.3 is 0 Å². The maximum absolute atomic E-state index is 4.40. The number of aromatic nitrogens is 3. The Morgan fingerprint density at radius 2 is 2.42 bits per heavy atom. The van der Waals surface area contributed by atoms with Crippen LogP contribution in [0.2, 0.25) is 0 Å². The molecule has 0 amide bonds. The maximum atomic E-state index is 4.40. The quantitative estimate of drug-likeness (QED) is 0.670. The van der Waals surface area contributed by atoms with E-state index >= 15 is 0 Å². The fourth-order valence-electron chi connectivity index (χ4n) is 1.27. The largest absolute Gasteiger partial charge is 0.304 e. The summed E-state index contributed by atoms with van der Waals surface area (Å²) in [7, 11) is 0. The average molecular weight is 161 g/mol. The van der Waals surface area contributed by atoms with Gasteiger partial charge in [0.1, 0.15) is 0 Å². The van der Waals surface area contributed by atoms with Gasteiger partial charge in [-0.15, -0.1) is 0 Å². The molecule has 0 saturated heterocycles. The Morgan fingerprint density at radius 3 is 3.17 bits per heavy atom. The van der Waals surface area contributed by atoms with Gasteiger partial charge in [0, 0.05) is 18.6 Å². The van der Waals surface area contributed by atoms with E-state index in [2.05, 4.69) is 23.1 Å². The number of hydrogen-bond acceptors (Lipinski definition) is 2. The molecule has 2 heterocycles. The number of fused-ring (bicyclic) bond motifs is 1. The zero-order chi connectivity index (χ0) is 8.39. The van der Waals surface area contributed by atoms with E-state index in [9.17, 15) is 0 Å². The fraction of sp³-hybridized carbons (Fsp3) is 0.333. The Labute approximate surface area is 71.1 Å². The lowest BCUT2D eigenvalue weighted by atomic mass is 10.3. The van der Waals surface area contributed by atoms with E-state index in [0.717, 1.165) is 24.2 Å². The highest BCUT2D eigenvalue weighted by molar-refractivity contribution is 5.36. The maximum Gasteiger partial charge on any atom is 0.155 e. The van der Waals surface area contributed by atoms with Crippen LogP contribution >= 0.6 is 0 Å². The Kier molecular flexibility index (Phi) is 1.78. The van der Waals surface area contributed by atoms with Crippen LogP contribution in [0.3, 0.4) is 0 Å². The summed E-state index contributed by atoms with van der Waals surface area (Å²) < 4.78 is 2.00. The number of hydrogen-bond donors (Lipinski definition) is 0. The van der Waals surface area contributed by atoms with E-state index in [1.807, 2.05) is 10.6 Å². The highest BCUT2D eigenvalue weighted by Crippen LogP contribution is 2.04. The molecule has 12 heavy (non-hydrogen) atoms. The van der Waals surface area contributed by atoms with E-state index in [1.54, 1.807) is 12.4 Å². The summed E-state index contributed by atoms with van der Waals surface area (Å²) in [5, 5.41) is 0. The molecule has 0 aromatic carbocycles. The molecule has 2 aromatic heterocycles. The van der Waals surface area contributed by atoms with Crippen molar-refractivity contribution in [2.24, 2.45) is 0 Å². The Bertz CT molecular complexity index is 345. The molecule has 0 aliphatic rings. The normalized spacial score (nSPS) is 10.8. The average Bonchev–Trinajstić information content (AvgIpc) is 2.47. The molecule has 0 aliphatic heterocycles. The van der Waals surface area contributed by atoms with Crippen molar-refractivity contribution in [3.63, 3.8) is 0 Å². The third kappa shape index (κ3) is 1.18. The van der Waals surface area contributed by atoms with Crippen LogP contribution in [-0.4, -0.2) is 14.4 Å². The van der Waals surface area contributed by atoms with Crippen molar-refractivity contribution >= 4 is 5.65 Å². The zero-order valence-electron chi connectivity index (χ0n) is 7.07. The molecule has 0 spiro atoms. The van der Waals surface area contributed by atoms with Gasteiger partial charge in [-0.2, -0.15) is 0 Å². The van der Waals surface area contributed by atoms with Crippen molar-refractivity contribution in [1.29, 1.82) is 0 Å². The van der Waals surface area contributed by atoms with E-state index in [0.29, 0.717) is 0 Å². The molecule has 0 radical (unpaired) electrons. The minimum absolute atomic E-state index is 0.931. The van der Waals surface area contributed by atoms with E-state index in [-0.39, 0.29) is 0 Å². The molecule has 0 bridgehead atoms. The molecule has 62 valence electrons. The van der Waals surface area contributed by atoms with E-state index < -0.39 is 0 Å². The van der Waals surface area contributed by atoms with Crippen LogP contribution in [0.4, 0.5) is 0 Å². The van der Waals surface area contributed by atoms with Gasteiger partial charge in [0.15, 0.2) is 5.65 Å². The van der Waals surface area contributed by atoms with Gasteiger partial charge in [-0.3, -0.25) is 4.98 Å². The van der Waals surface area contributed by atoms with Crippen molar-refractivity contribution in [3.8, 4) is 0 Å². The molecule has 0 aliphatic carbocycles. The summed E-state index contributed by atoms with van der Waals surface area (Å²) in [5.74, 6) is 0. The molecule has 0 saturated carbocycles. The predicted octanol–water partition coefficient (Wildman–Crippen LogP) is 1.68. The monoisotopic (exact) mass is 161 g/mol. The van der Waals surface area contributed by atoms with Crippen molar-refractivity contribution in [2.75, 3.05) is 0 Å². The summed E-state index contributed by atoms with van der Waals surface area (Å²) in [6.45, 7) is 2.16.